The molecule has 0 spiro atoms. The van der Waals surface area contributed by atoms with Gasteiger partial charge in [0.05, 0.1) is 6.10 Å². The van der Waals surface area contributed by atoms with Gasteiger partial charge in [-0.15, -0.1) is 0 Å². The van der Waals surface area contributed by atoms with Crippen LogP contribution in [0.15, 0.2) is 46.9 Å². The Labute approximate surface area is 135 Å². The number of aliphatic hydroxyl groups is 1. The molecule has 0 saturated heterocycles. The van der Waals surface area contributed by atoms with Gasteiger partial charge in [-0.05, 0) is 61.2 Å². The standard InChI is InChI=1S/C18H22BrNO/c1-13-9-14(2)11-17(10-13)20(3)8-7-18(21)15-5-4-6-16(19)12-15/h4-6,9-12,18,21H,7-8H2,1-3H3. The molecule has 2 aromatic carbocycles. The topological polar surface area (TPSA) is 23.5 Å². The minimum Gasteiger partial charge on any atom is -0.388 e. The SMILES string of the molecule is Cc1cc(C)cc(N(C)CCC(O)c2cccc(Br)c2)c1. The van der Waals surface area contributed by atoms with Gasteiger partial charge in [-0.1, -0.05) is 34.1 Å². The van der Waals surface area contributed by atoms with Crippen LogP contribution in [0.5, 0.6) is 0 Å². The monoisotopic (exact) mass is 347 g/mol. The number of aryl methyl sites for hydroxylation is 2. The third-order valence-corrected chi connectivity index (χ3v) is 4.11. The maximum absolute atomic E-state index is 10.3. The first-order chi connectivity index (χ1) is 9.95. The Morgan fingerprint density at radius 2 is 1.76 bits per heavy atom. The predicted octanol–water partition coefficient (Wildman–Crippen LogP) is 4.63. The Morgan fingerprint density at radius 1 is 1.10 bits per heavy atom. The van der Waals surface area contributed by atoms with E-state index in [9.17, 15) is 5.11 Å². The van der Waals surface area contributed by atoms with E-state index in [0.717, 1.165) is 16.6 Å². The van der Waals surface area contributed by atoms with Gasteiger partial charge in [0.1, 0.15) is 0 Å². The predicted molar refractivity (Wildman–Crippen MR) is 92.9 cm³/mol. The highest BCUT2D eigenvalue weighted by molar-refractivity contribution is 9.10. The Kier molecular flexibility index (Phi) is 5.43. The maximum atomic E-state index is 10.3. The van der Waals surface area contributed by atoms with E-state index in [2.05, 4.69) is 59.9 Å². The summed E-state index contributed by atoms with van der Waals surface area (Å²) in [5, 5.41) is 10.3. The third kappa shape index (κ3) is 4.58. The lowest BCUT2D eigenvalue weighted by atomic mass is 10.1. The summed E-state index contributed by atoms with van der Waals surface area (Å²) in [5.74, 6) is 0. The molecule has 21 heavy (non-hydrogen) atoms. The van der Waals surface area contributed by atoms with Crippen LogP contribution in [-0.2, 0) is 0 Å². The Hall–Kier alpha value is -1.32. The van der Waals surface area contributed by atoms with E-state index in [1.165, 1.54) is 16.8 Å². The Morgan fingerprint density at radius 3 is 2.38 bits per heavy atom. The summed E-state index contributed by atoms with van der Waals surface area (Å²) in [6.07, 6.45) is 0.274. The number of nitrogens with zero attached hydrogens (tertiary/aromatic N) is 1. The van der Waals surface area contributed by atoms with E-state index in [0.29, 0.717) is 6.42 Å². The molecule has 0 aromatic heterocycles. The summed E-state index contributed by atoms with van der Waals surface area (Å²) in [6.45, 7) is 5.04. The number of anilines is 1. The highest BCUT2D eigenvalue weighted by Gasteiger charge is 2.10. The van der Waals surface area contributed by atoms with Gasteiger partial charge in [0.25, 0.3) is 0 Å². The van der Waals surface area contributed by atoms with Crippen molar-refractivity contribution < 1.29 is 5.11 Å². The third-order valence-electron chi connectivity index (χ3n) is 3.62. The quantitative estimate of drug-likeness (QED) is 0.852. The first kappa shape index (κ1) is 16.1. The van der Waals surface area contributed by atoms with Crippen LogP contribution in [0.25, 0.3) is 0 Å². The minimum absolute atomic E-state index is 0.434. The van der Waals surface area contributed by atoms with Gasteiger partial charge < -0.3 is 10.0 Å². The number of rotatable bonds is 5. The molecule has 2 rings (SSSR count). The van der Waals surface area contributed by atoms with Crippen molar-refractivity contribution in [2.45, 2.75) is 26.4 Å². The summed E-state index contributed by atoms with van der Waals surface area (Å²) in [4.78, 5) is 2.20. The lowest BCUT2D eigenvalue weighted by Gasteiger charge is -2.22. The van der Waals surface area contributed by atoms with Gasteiger partial charge in [0, 0.05) is 23.8 Å². The molecule has 1 N–H and O–H groups in total. The zero-order valence-electron chi connectivity index (χ0n) is 12.8. The first-order valence-electron chi connectivity index (χ1n) is 7.18. The molecule has 0 heterocycles. The molecule has 0 saturated carbocycles. The molecule has 1 unspecified atom stereocenters. The molecule has 112 valence electrons. The second-order valence-electron chi connectivity index (χ2n) is 5.63. The van der Waals surface area contributed by atoms with Gasteiger partial charge in [0.2, 0.25) is 0 Å². The molecule has 0 aliphatic heterocycles. The normalized spacial score (nSPS) is 12.2. The summed E-state index contributed by atoms with van der Waals surface area (Å²) in [5.41, 5.74) is 4.70. The largest absolute Gasteiger partial charge is 0.388 e. The number of hydrogen-bond acceptors (Lipinski definition) is 2. The van der Waals surface area contributed by atoms with Gasteiger partial charge in [-0.3, -0.25) is 0 Å². The summed E-state index contributed by atoms with van der Waals surface area (Å²) in [6, 6.07) is 14.4. The molecule has 0 aliphatic rings. The highest BCUT2D eigenvalue weighted by Crippen LogP contribution is 2.23. The summed E-state index contributed by atoms with van der Waals surface area (Å²) < 4.78 is 1.00. The molecule has 3 heteroatoms. The highest BCUT2D eigenvalue weighted by atomic mass is 79.9. The van der Waals surface area contributed by atoms with E-state index in [1.54, 1.807) is 0 Å². The Bertz CT molecular complexity index is 592. The first-order valence-corrected chi connectivity index (χ1v) is 7.98. The number of hydrogen-bond donors (Lipinski definition) is 1. The van der Waals surface area contributed by atoms with Crippen LogP contribution in [0.3, 0.4) is 0 Å². The number of halogens is 1. The molecule has 0 radical (unpaired) electrons. The van der Waals surface area contributed by atoms with Gasteiger partial charge in [0.15, 0.2) is 0 Å². The molecule has 0 bridgehead atoms. The summed E-state index contributed by atoms with van der Waals surface area (Å²) in [7, 11) is 2.07. The summed E-state index contributed by atoms with van der Waals surface area (Å²) >= 11 is 3.44. The fourth-order valence-corrected chi connectivity index (χ4v) is 2.91. The van der Waals surface area contributed by atoms with Crippen molar-refractivity contribution in [3.63, 3.8) is 0 Å². The molecule has 1 atom stereocenters. The second-order valence-corrected chi connectivity index (χ2v) is 6.54. The van der Waals surface area contributed by atoms with Crippen molar-refractivity contribution >= 4 is 21.6 Å². The van der Waals surface area contributed by atoms with Crippen LogP contribution in [0.4, 0.5) is 5.69 Å². The zero-order valence-corrected chi connectivity index (χ0v) is 14.4. The van der Waals surface area contributed by atoms with Gasteiger partial charge in [-0.2, -0.15) is 0 Å². The smallest absolute Gasteiger partial charge is 0.0807 e. The molecule has 0 amide bonds. The van der Waals surface area contributed by atoms with Crippen LogP contribution < -0.4 is 4.90 Å². The fraction of sp³-hybridized carbons (Fsp3) is 0.333. The van der Waals surface area contributed by atoms with Crippen LogP contribution in [0, 0.1) is 13.8 Å². The van der Waals surface area contributed by atoms with E-state index < -0.39 is 6.10 Å². The zero-order chi connectivity index (χ0) is 15.4. The van der Waals surface area contributed by atoms with Crippen LogP contribution in [-0.4, -0.2) is 18.7 Å². The van der Waals surface area contributed by atoms with Crippen LogP contribution >= 0.6 is 15.9 Å². The van der Waals surface area contributed by atoms with Crippen molar-refractivity contribution in [3.05, 3.63) is 63.6 Å². The lowest BCUT2D eigenvalue weighted by molar-refractivity contribution is 0.170. The average Bonchev–Trinajstić information content (AvgIpc) is 2.43. The molecular formula is C18H22BrNO. The van der Waals surface area contributed by atoms with Gasteiger partial charge >= 0.3 is 0 Å². The maximum Gasteiger partial charge on any atom is 0.0807 e. The van der Waals surface area contributed by atoms with Crippen LogP contribution in [0.1, 0.15) is 29.2 Å². The van der Waals surface area contributed by atoms with Crippen molar-refractivity contribution in [1.29, 1.82) is 0 Å². The average molecular weight is 348 g/mol. The van der Waals surface area contributed by atoms with E-state index >= 15 is 0 Å². The molecule has 0 aliphatic carbocycles. The van der Waals surface area contributed by atoms with Crippen LogP contribution in [0.2, 0.25) is 0 Å². The second kappa shape index (κ2) is 7.10. The lowest BCUT2D eigenvalue weighted by Crippen LogP contribution is -2.20. The van der Waals surface area contributed by atoms with E-state index in [1.807, 2.05) is 24.3 Å². The molecule has 0 fully saturated rings. The van der Waals surface area contributed by atoms with Gasteiger partial charge in [-0.25, -0.2) is 0 Å². The van der Waals surface area contributed by atoms with Crippen molar-refractivity contribution in [1.82, 2.24) is 0 Å². The molecule has 2 nitrogen and oxygen atoms in total. The Balaban J connectivity index is 1.98. The number of benzene rings is 2. The van der Waals surface area contributed by atoms with Crippen molar-refractivity contribution in [2.24, 2.45) is 0 Å². The van der Waals surface area contributed by atoms with Crippen molar-refractivity contribution in [2.75, 3.05) is 18.5 Å². The van der Waals surface area contributed by atoms with E-state index in [4.69, 9.17) is 0 Å². The van der Waals surface area contributed by atoms with E-state index in [-0.39, 0.29) is 0 Å². The molecular weight excluding hydrogens is 326 g/mol. The fourth-order valence-electron chi connectivity index (χ4n) is 2.50. The molecule has 2 aromatic rings. The minimum atomic E-state index is -0.434. The van der Waals surface area contributed by atoms with Crippen molar-refractivity contribution in [3.8, 4) is 0 Å². The number of aliphatic hydroxyl groups excluding tert-OH is 1.